The van der Waals surface area contributed by atoms with E-state index in [9.17, 15) is 9.36 Å². The van der Waals surface area contributed by atoms with Crippen LogP contribution in [0.2, 0.25) is 0 Å². The minimum atomic E-state index is -3.59. The van der Waals surface area contributed by atoms with Crippen LogP contribution in [0.25, 0.3) is 0 Å². The van der Waals surface area contributed by atoms with Crippen LogP contribution in [0.4, 0.5) is 0 Å². The summed E-state index contributed by atoms with van der Waals surface area (Å²) in [6, 6.07) is 9.46. The van der Waals surface area contributed by atoms with E-state index in [1.165, 1.54) is 0 Å². The number of hydrogen-bond donors (Lipinski definition) is 0. The first-order valence-corrected chi connectivity index (χ1v) is 8.72. The second kappa shape index (κ2) is 6.73. The van der Waals surface area contributed by atoms with Crippen LogP contribution in [-0.2, 0) is 29.6 Å². The minimum Gasteiger partial charge on any atom is -0.465 e. The highest BCUT2D eigenvalue weighted by molar-refractivity contribution is 7.56. The van der Waals surface area contributed by atoms with E-state index in [0.29, 0.717) is 12.8 Å². The summed E-state index contributed by atoms with van der Waals surface area (Å²) >= 11 is 0. The number of ether oxygens (including phenoxy) is 1. The van der Waals surface area contributed by atoms with Gasteiger partial charge in [0.15, 0.2) is 5.16 Å². The van der Waals surface area contributed by atoms with Crippen molar-refractivity contribution in [2.75, 3.05) is 19.8 Å². The van der Waals surface area contributed by atoms with E-state index < -0.39 is 18.7 Å². The minimum absolute atomic E-state index is 0.223. The molecule has 2 rings (SSSR count). The summed E-state index contributed by atoms with van der Waals surface area (Å²) in [5, 5.41) is -1.24. The van der Waals surface area contributed by atoms with Crippen molar-refractivity contribution in [3.05, 3.63) is 35.9 Å². The van der Waals surface area contributed by atoms with Gasteiger partial charge in [0.2, 0.25) is 0 Å². The lowest BCUT2D eigenvalue weighted by Gasteiger charge is -2.32. The summed E-state index contributed by atoms with van der Waals surface area (Å²) in [5.41, 5.74) is 0.913. The summed E-state index contributed by atoms with van der Waals surface area (Å²) in [6.07, 6.45) is 0.641. The van der Waals surface area contributed by atoms with Gasteiger partial charge in [-0.3, -0.25) is 9.36 Å². The van der Waals surface area contributed by atoms with Crippen molar-refractivity contribution in [1.82, 2.24) is 0 Å². The molecule has 0 aromatic heterocycles. The molecule has 1 aliphatic rings. The lowest BCUT2D eigenvalue weighted by molar-refractivity contribution is -0.140. The summed E-state index contributed by atoms with van der Waals surface area (Å²) in [7, 11) is -3.59. The fourth-order valence-corrected chi connectivity index (χ4v) is 4.89. The molecule has 1 saturated heterocycles. The van der Waals surface area contributed by atoms with E-state index in [2.05, 4.69) is 0 Å². The Bertz CT molecular complexity index is 520. The van der Waals surface area contributed by atoms with Crippen LogP contribution < -0.4 is 0 Å². The van der Waals surface area contributed by atoms with Crippen LogP contribution in [-0.4, -0.2) is 30.9 Å². The van der Waals surface area contributed by atoms with Gasteiger partial charge >= 0.3 is 13.6 Å². The number of benzene rings is 1. The zero-order chi connectivity index (χ0) is 15.3. The van der Waals surface area contributed by atoms with Crippen LogP contribution in [0.1, 0.15) is 25.8 Å². The Hall–Kier alpha value is -1.16. The molecule has 0 aliphatic carbocycles. The Balaban J connectivity index is 2.41. The van der Waals surface area contributed by atoms with Gasteiger partial charge in [-0.25, -0.2) is 0 Å². The van der Waals surface area contributed by atoms with Crippen LogP contribution in [0.15, 0.2) is 30.3 Å². The molecule has 6 heteroatoms. The molecule has 1 heterocycles. The zero-order valence-electron chi connectivity index (χ0n) is 12.4. The van der Waals surface area contributed by atoms with Crippen molar-refractivity contribution in [2.24, 2.45) is 0 Å². The Labute approximate surface area is 125 Å². The number of carbonyl (C=O) groups is 1. The van der Waals surface area contributed by atoms with E-state index >= 15 is 0 Å². The topological polar surface area (TPSA) is 61.8 Å². The van der Waals surface area contributed by atoms with E-state index in [-0.39, 0.29) is 19.8 Å². The molecule has 0 spiro atoms. The lowest BCUT2D eigenvalue weighted by atomic mass is 9.97. The number of hydrogen-bond acceptors (Lipinski definition) is 5. The Morgan fingerprint density at radius 3 is 2.29 bits per heavy atom. The molecule has 1 aromatic carbocycles. The molecule has 0 saturated carbocycles. The first kappa shape index (κ1) is 16.2. The third-order valence-electron chi connectivity index (χ3n) is 3.59. The maximum Gasteiger partial charge on any atom is 0.348 e. The Morgan fingerprint density at radius 1 is 1.19 bits per heavy atom. The first-order valence-electron chi connectivity index (χ1n) is 7.18. The fourth-order valence-electron chi connectivity index (χ4n) is 2.61. The van der Waals surface area contributed by atoms with Gasteiger partial charge in [0.25, 0.3) is 0 Å². The molecule has 1 fully saturated rings. The van der Waals surface area contributed by atoms with Gasteiger partial charge in [-0.15, -0.1) is 0 Å². The maximum atomic E-state index is 13.2. The second-order valence-corrected chi connectivity index (χ2v) is 7.28. The molecule has 0 bridgehead atoms. The molecule has 5 nitrogen and oxygen atoms in total. The number of cyclic esters (lactones) is 1. The first-order chi connectivity index (χ1) is 10.1. The average molecular weight is 312 g/mol. The fraction of sp³-hybridized carbons (Fsp3) is 0.533. The van der Waals surface area contributed by atoms with E-state index in [1.807, 2.05) is 30.3 Å². The second-order valence-electron chi connectivity index (χ2n) is 4.91. The monoisotopic (exact) mass is 312 g/mol. The SMILES string of the molecule is CCOP(=O)(OCC)C1(Cc2ccccc2)CCOC1=O. The van der Waals surface area contributed by atoms with Crippen molar-refractivity contribution in [3.8, 4) is 0 Å². The molecule has 116 valence electrons. The maximum absolute atomic E-state index is 13.2. The molecule has 21 heavy (non-hydrogen) atoms. The molecule has 1 atom stereocenters. The van der Waals surface area contributed by atoms with E-state index in [4.69, 9.17) is 13.8 Å². The van der Waals surface area contributed by atoms with Gasteiger partial charge in [-0.2, -0.15) is 0 Å². The summed E-state index contributed by atoms with van der Waals surface area (Å²) in [4.78, 5) is 12.3. The highest BCUT2D eigenvalue weighted by Crippen LogP contribution is 2.64. The molecule has 0 radical (unpaired) electrons. The highest BCUT2D eigenvalue weighted by Gasteiger charge is 2.60. The molecule has 0 N–H and O–H groups in total. The Kier molecular flexibility index (Phi) is 5.20. The Morgan fingerprint density at radius 2 is 1.81 bits per heavy atom. The third-order valence-corrected chi connectivity index (χ3v) is 6.40. The van der Waals surface area contributed by atoms with Crippen LogP contribution in [0.5, 0.6) is 0 Å². The predicted octanol–water partition coefficient (Wildman–Crippen LogP) is 3.18. The normalized spacial score (nSPS) is 22.3. The third kappa shape index (κ3) is 3.05. The number of carbonyl (C=O) groups excluding carboxylic acids is 1. The number of esters is 1. The molecule has 1 aliphatic heterocycles. The standard InChI is InChI=1S/C15H21O5P/c1-3-19-21(17,20-4-2)15(10-11-18-14(15)16)12-13-8-6-5-7-9-13/h5-9H,3-4,10-12H2,1-2H3. The molecule has 0 amide bonds. The molecular formula is C15H21O5P. The lowest BCUT2D eigenvalue weighted by Crippen LogP contribution is -2.38. The smallest absolute Gasteiger partial charge is 0.348 e. The van der Waals surface area contributed by atoms with Crippen molar-refractivity contribution in [3.63, 3.8) is 0 Å². The van der Waals surface area contributed by atoms with Crippen molar-refractivity contribution >= 4 is 13.6 Å². The van der Waals surface area contributed by atoms with Crippen molar-refractivity contribution in [1.29, 1.82) is 0 Å². The van der Waals surface area contributed by atoms with Crippen LogP contribution in [0, 0.1) is 0 Å². The van der Waals surface area contributed by atoms with Gasteiger partial charge in [0, 0.05) is 12.8 Å². The summed E-state index contributed by atoms with van der Waals surface area (Å²) in [6.45, 7) is 4.17. The van der Waals surface area contributed by atoms with Crippen LogP contribution in [0.3, 0.4) is 0 Å². The predicted molar refractivity (Wildman–Crippen MR) is 79.3 cm³/mol. The van der Waals surface area contributed by atoms with E-state index in [1.54, 1.807) is 13.8 Å². The van der Waals surface area contributed by atoms with Gasteiger partial charge in [-0.05, 0) is 19.4 Å². The van der Waals surface area contributed by atoms with Gasteiger partial charge in [0.1, 0.15) is 0 Å². The summed E-state index contributed by atoms with van der Waals surface area (Å²) < 4.78 is 29.2. The van der Waals surface area contributed by atoms with Gasteiger partial charge < -0.3 is 13.8 Å². The average Bonchev–Trinajstić information content (AvgIpc) is 2.83. The zero-order valence-corrected chi connectivity index (χ0v) is 13.3. The largest absolute Gasteiger partial charge is 0.465 e. The molecular weight excluding hydrogens is 291 g/mol. The van der Waals surface area contributed by atoms with Crippen molar-refractivity contribution < 1.29 is 23.1 Å². The molecule has 1 aromatic rings. The number of rotatable bonds is 7. The molecule has 1 unspecified atom stereocenters. The van der Waals surface area contributed by atoms with Crippen molar-refractivity contribution in [2.45, 2.75) is 31.8 Å². The van der Waals surface area contributed by atoms with Gasteiger partial charge in [0.05, 0.1) is 19.8 Å². The summed E-state index contributed by atoms with van der Waals surface area (Å²) in [5.74, 6) is -0.489. The van der Waals surface area contributed by atoms with Gasteiger partial charge in [-0.1, -0.05) is 30.3 Å². The highest BCUT2D eigenvalue weighted by atomic mass is 31.2. The quantitative estimate of drug-likeness (QED) is 0.571. The van der Waals surface area contributed by atoms with Crippen LogP contribution >= 0.6 is 7.60 Å². The van der Waals surface area contributed by atoms with E-state index in [0.717, 1.165) is 5.56 Å².